The number of rotatable bonds is 5. The van der Waals surface area contributed by atoms with E-state index in [1.807, 2.05) is 0 Å². The number of urea groups is 1. The van der Waals surface area contributed by atoms with Gasteiger partial charge >= 0.3 is 12.2 Å². The van der Waals surface area contributed by atoms with Crippen LogP contribution in [0.25, 0.3) is 0 Å². The van der Waals surface area contributed by atoms with Gasteiger partial charge in [0, 0.05) is 13.2 Å². The first-order valence-electron chi connectivity index (χ1n) is 5.42. The van der Waals surface area contributed by atoms with Crippen molar-refractivity contribution in [3.05, 3.63) is 0 Å². The summed E-state index contributed by atoms with van der Waals surface area (Å²) in [4.78, 5) is 24.1. The largest absolute Gasteiger partial charge is 0.411 e. The van der Waals surface area contributed by atoms with Crippen molar-refractivity contribution in [2.45, 2.75) is 32.0 Å². The van der Waals surface area contributed by atoms with Gasteiger partial charge in [-0.05, 0) is 20.3 Å². The van der Waals surface area contributed by atoms with Crippen LogP contribution in [0, 0.1) is 0 Å². The minimum atomic E-state index is -4.36. The highest BCUT2D eigenvalue weighted by molar-refractivity contribution is 6.06. The summed E-state index contributed by atoms with van der Waals surface area (Å²) in [6.45, 7) is 1.70. The van der Waals surface area contributed by atoms with Gasteiger partial charge in [-0.2, -0.15) is 13.2 Å². The number of imide groups is 1. The summed E-state index contributed by atoms with van der Waals surface area (Å²) in [6.07, 6.45) is -4.19. The average Bonchev–Trinajstić information content (AvgIpc) is 2.37. The predicted octanol–water partition coefficient (Wildman–Crippen LogP) is 1.29. The fraction of sp³-hybridized carbons (Fsp3) is 0.800. The van der Waals surface area contributed by atoms with Gasteiger partial charge in [-0.15, -0.1) is 0 Å². The highest BCUT2D eigenvalue weighted by Crippen LogP contribution is 2.17. The Bertz CT molecular complexity index is 342. The van der Waals surface area contributed by atoms with Crippen molar-refractivity contribution >= 4 is 11.9 Å². The normalized spacial score (nSPS) is 19.3. The number of nitrogens with zero attached hydrogens (tertiary/aromatic N) is 1. The molecule has 0 saturated carbocycles. The SMILES string of the molecule is CC1(C)NC(=O)N(CCCOCC(F)(F)F)C1=O. The van der Waals surface area contributed by atoms with E-state index in [4.69, 9.17) is 0 Å². The van der Waals surface area contributed by atoms with Crippen molar-refractivity contribution in [2.24, 2.45) is 0 Å². The molecule has 0 unspecified atom stereocenters. The van der Waals surface area contributed by atoms with Crippen molar-refractivity contribution < 1.29 is 27.5 Å². The summed E-state index contributed by atoms with van der Waals surface area (Å²) in [7, 11) is 0. The van der Waals surface area contributed by atoms with Crippen LogP contribution in [0.3, 0.4) is 0 Å². The Morgan fingerprint density at radius 2 is 1.94 bits per heavy atom. The minimum absolute atomic E-state index is 0.0476. The maximum absolute atomic E-state index is 11.8. The van der Waals surface area contributed by atoms with E-state index in [-0.39, 0.29) is 25.5 Å². The molecule has 0 aromatic heterocycles. The molecule has 1 N–H and O–H groups in total. The summed E-state index contributed by atoms with van der Waals surface area (Å²) in [5.74, 6) is -0.386. The molecule has 1 heterocycles. The van der Waals surface area contributed by atoms with Crippen LogP contribution in [0.5, 0.6) is 0 Å². The zero-order valence-corrected chi connectivity index (χ0v) is 10.1. The summed E-state index contributed by atoms with van der Waals surface area (Å²) in [6, 6.07) is -0.527. The highest BCUT2D eigenvalue weighted by atomic mass is 19.4. The predicted molar refractivity (Wildman–Crippen MR) is 55.8 cm³/mol. The van der Waals surface area contributed by atoms with E-state index in [1.54, 1.807) is 13.8 Å². The molecular weight excluding hydrogens is 253 g/mol. The molecule has 104 valence electrons. The molecule has 1 saturated heterocycles. The fourth-order valence-electron chi connectivity index (χ4n) is 1.53. The maximum Gasteiger partial charge on any atom is 0.411 e. The molecular formula is C10H15F3N2O3. The number of halogens is 3. The molecule has 1 fully saturated rings. The molecule has 0 bridgehead atoms. The van der Waals surface area contributed by atoms with Crippen LogP contribution in [-0.2, 0) is 9.53 Å². The summed E-state index contributed by atoms with van der Waals surface area (Å²) in [5.41, 5.74) is -0.954. The van der Waals surface area contributed by atoms with Crippen molar-refractivity contribution in [1.82, 2.24) is 10.2 Å². The average molecular weight is 268 g/mol. The van der Waals surface area contributed by atoms with Crippen molar-refractivity contribution in [3.63, 3.8) is 0 Å². The number of nitrogens with one attached hydrogen (secondary N) is 1. The van der Waals surface area contributed by atoms with Crippen molar-refractivity contribution in [2.75, 3.05) is 19.8 Å². The van der Waals surface area contributed by atoms with E-state index < -0.39 is 24.4 Å². The first-order valence-corrected chi connectivity index (χ1v) is 5.42. The van der Waals surface area contributed by atoms with Gasteiger partial charge in [0.05, 0.1) is 0 Å². The molecule has 5 nitrogen and oxygen atoms in total. The zero-order valence-electron chi connectivity index (χ0n) is 10.1. The van der Waals surface area contributed by atoms with Gasteiger partial charge in [-0.3, -0.25) is 9.69 Å². The number of hydrogen-bond donors (Lipinski definition) is 1. The summed E-state index contributed by atoms with van der Waals surface area (Å²) >= 11 is 0. The number of amides is 3. The lowest BCUT2D eigenvalue weighted by Gasteiger charge is -2.16. The number of alkyl halides is 3. The Morgan fingerprint density at radius 3 is 2.39 bits per heavy atom. The van der Waals surface area contributed by atoms with Crippen molar-refractivity contribution in [1.29, 1.82) is 0 Å². The van der Waals surface area contributed by atoms with Crippen LogP contribution in [0.4, 0.5) is 18.0 Å². The Kier molecular flexibility index (Phi) is 4.20. The Hall–Kier alpha value is -1.31. The van der Waals surface area contributed by atoms with E-state index in [2.05, 4.69) is 10.1 Å². The number of hydrogen-bond acceptors (Lipinski definition) is 3. The zero-order chi connectivity index (χ0) is 14.0. The number of ether oxygens (including phenoxy) is 1. The second-order valence-corrected chi connectivity index (χ2v) is 4.53. The van der Waals surface area contributed by atoms with Gasteiger partial charge in [0.1, 0.15) is 12.1 Å². The first-order chi connectivity index (χ1) is 8.13. The lowest BCUT2D eigenvalue weighted by Crippen LogP contribution is -2.40. The molecule has 8 heteroatoms. The molecule has 0 radical (unpaired) electrons. The van der Waals surface area contributed by atoms with Gasteiger partial charge in [0.25, 0.3) is 5.91 Å². The van der Waals surface area contributed by atoms with Crippen LogP contribution < -0.4 is 5.32 Å². The quantitative estimate of drug-likeness (QED) is 0.603. The molecule has 1 aliphatic heterocycles. The monoisotopic (exact) mass is 268 g/mol. The van der Waals surface area contributed by atoms with E-state index in [0.29, 0.717) is 0 Å². The van der Waals surface area contributed by atoms with E-state index in [0.717, 1.165) is 4.90 Å². The molecule has 1 rings (SSSR count). The Balaban J connectivity index is 2.28. The fourth-order valence-corrected chi connectivity index (χ4v) is 1.53. The van der Waals surface area contributed by atoms with Crippen LogP contribution >= 0.6 is 0 Å². The Labute approximate surface area is 102 Å². The second-order valence-electron chi connectivity index (χ2n) is 4.53. The van der Waals surface area contributed by atoms with E-state index in [9.17, 15) is 22.8 Å². The second kappa shape index (κ2) is 5.13. The third kappa shape index (κ3) is 3.86. The number of carbonyl (C=O) groups is 2. The van der Waals surface area contributed by atoms with Crippen LogP contribution in [0.15, 0.2) is 0 Å². The molecule has 0 spiro atoms. The molecule has 0 aliphatic carbocycles. The van der Waals surface area contributed by atoms with E-state index in [1.165, 1.54) is 0 Å². The van der Waals surface area contributed by atoms with Gasteiger partial charge in [0.15, 0.2) is 0 Å². The Morgan fingerprint density at radius 1 is 1.33 bits per heavy atom. The third-order valence-corrected chi connectivity index (χ3v) is 2.38. The molecule has 0 atom stereocenters. The molecule has 1 aliphatic rings. The van der Waals surface area contributed by atoms with Gasteiger partial charge < -0.3 is 10.1 Å². The summed E-state index contributed by atoms with van der Waals surface area (Å²) < 4.78 is 39.7. The van der Waals surface area contributed by atoms with Gasteiger partial charge in [-0.1, -0.05) is 0 Å². The van der Waals surface area contributed by atoms with Gasteiger partial charge in [-0.25, -0.2) is 4.79 Å². The molecule has 3 amide bonds. The standard InChI is InChI=1S/C10H15F3N2O3/c1-9(2)7(16)15(8(17)14-9)4-3-5-18-6-10(11,12)13/h3-6H2,1-2H3,(H,14,17). The van der Waals surface area contributed by atoms with Gasteiger partial charge in [0.2, 0.25) is 0 Å². The first kappa shape index (κ1) is 14.7. The minimum Gasteiger partial charge on any atom is -0.372 e. The lowest BCUT2D eigenvalue weighted by molar-refractivity contribution is -0.174. The topological polar surface area (TPSA) is 58.6 Å². The maximum atomic E-state index is 11.8. The smallest absolute Gasteiger partial charge is 0.372 e. The third-order valence-electron chi connectivity index (χ3n) is 2.38. The van der Waals surface area contributed by atoms with E-state index >= 15 is 0 Å². The van der Waals surface area contributed by atoms with Crippen molar-refractivity contribution in [3.8, 4) is 0 Å². The molecule has 0 aromatic rings. The number of carbonyl (C=O) groups excluding carboxylic acids is 2. The van der Waals surface area contributed by atoms with Crippen LogP contribution in [0.2, 0.25) is 0 Å². The van der Waals surface area contributed by atoms with Crippen LogP contribution in [-0.4, -0.2) is 48.3 Å². The molecule has 0 aromatic carbocycles. The lowest BCUT2D eigenvalue weighted by atomic mass is 10.1. The van der Waals surface area contributed by atoms with Crippen LogP contribution in [0.1, 0.15) is 20.3 Å². The molecule has 18 heavy (non-hydrogen) atoms. The highest BCUT2D eigenvalue weighted by Gasteiger charge is 2.43. The summed E-state index contributed by atoms with van der Waals surface area (Å²) in [5, 5.41) is 2.47.